The molecule has 0 bridgehead atoms. The first-order valence-electron chi connectivity index (χ1n) is 10.8. The average molecular weight is 471 g/mol. The fraction of sp³-hybridized carbons (Fsp3) is 0.375. The highest BCUT2D eigenvalue weighted by molar-refractivity contribution is 7.15. The Hall–Kier alpha value is -3.01. The minimum atomic E-state index is -0.136. The number of nitrogens with zero attached hydrogens (tertiary/aromatic N) is 3. The lowest BCUT2D eigenvalue weighted by Gasteiger charge is -2.19. The van der Waals surface area contributed by atoms with Crippen LogP contribution in [-0.2, 0) is 11.2 Å². The fourth-order valence-corrected chi connectivity index (χ4v) is 3.93. The van der Waals surface area contributed by atoms with Gasteiger partial charge < -0.3 is 15.3 Å². The molecular weight excluding hydrogens is 436 g/mol. The number of aromatic hydroxyl groups is 1. The van der Waals surface area contributed by atoms with Crippen LogP contribution in [0.1, 0.15) is 23.0 Å². The lowest BCUT2D eigenvalue weighted by molar-refractivity contribution is -0.109. The topological polar surface area (TPSA) is 106 Å². The normalized spacial score (nSPS) is 11.5. The molecule has 3 rings (SSSR count). The summed E-state index contributed by atoms with van der Waals surface area (Å²) < 4.78 is 1.71. The van der Waals surface area contributed by atoms with Crippen LogP contribution >= 0.6 is 11.3 Å². The molecule has 0 aliphatic rings. The van der Waals surface area contributed by atoms with Crippen LogP contribution in [0.15, 0.2) is 48.5 Å². The number of benzene rings is 1. The maximum atomic E-state index is 9.72. The van der Waals surface area contributed by atoms with E-state index < -0.39 is 0 Å². The van der Waals surface area contributed by atoms with Gasteiger partial charge in [0.15, 0.2) is 0 Å². The zero-order chi connectivity index (χ0) is 24.2. The second kappa shape index (κ2) is 13.5. The molecule has 1 unspecified atom stereocenters. The van der Waals surface area contributed by atoms with Crippen molar-refractivity contribution in [3.63, 3.8) is 0 Å². The maximum absolute atomic E-state index is 9.72. The van der Waals surface area contributed by atoms with E-state index >= 15 is 0 Å². The third-order valence-corrected chi connectivity index (χ3v) is 5.88. The van der Waals surface area contributed by atoms with Crippen LogP contribution < -0.4 is 16.1 Å². The number of phenols is 1. The van der Waals surface area contributed by atoms with Crippen LogP contribution in [0.25, 0.3) is 10.6 Å². The zero-order valence-electron chi connectivity index (χ0n) is 19.7. The number of hydrogen-bond donors (Lipinski definition) is 4. The molecule has 1 amide bonds. The van der Waals surface area contributed by atoms with Crippen molar-refractivity contribution in [3.05, 3.63) is 64.5 Å². The molecule has 3 aromatic rings. The van der Waals surface area contributed by atoms with Crippen LogP contribution in [0.2, 0.25) is 0 Å². The summed E-state index contributed by atoms with van der Waals surface area (Å²) in [5, 5.41) is 28.1. The van der Waals surface area contributed by atoms with Crippen LogP contribution in [0.4, 0.5) is 0 Å². The molecule has 0 spiro atoms. The van der Waals surface area contributed by atoms with E-state index in [2.05, 4.69) is 39.7 Å². The number of aryl methyl sites for hydroxylation is 1. The van der Waals surface area contributed by atoms with E-state index in [1.54, 1.807) is 34.2 Å². The van der Waals surface area contributed by atoms with Gasteiger partial charge in [-0.05, 0) is 83.0 Å². The van der Waals surface area contributed by atoms with E-state index in [1.807, 2.05) is 39.3 Å². The summed E-state index contributed by atoms with van der Waals surface area (Å²) in [4.78, 5) is 14.2. The number of hydrogen-bond acceptors (Lipinski definition) is 7. The van der Waals surface area contributed by atoms with E-state index in [0.717, 1.165) is 42.1 Å². The Labute approximate surface area is 199 Å². The molecule has 0 saturated carbocycles. The van der Waals surface area contributed by atoms with Gasteiger partial charge in [-0.1, -0.05) is 12.1 Å². The maximum Gasteiger partial charge on any atom is 0.207 e. The molecule has 0 saturated heterocycles. The van der Waals surface area contributed by atoms with E-state index in [1.165, 1.54) is 4.88 Å². The minimum absolute atomic E-state index is 0.136. The summed E-state index contributed by atoms with van der Waals surface area (Å²) in [6.45, 7) is 3.88. The number of carbonyl (C=O) groups is 1. The first-order chi connectivity index (χ1) is 15.8. The number of likely N-dealkylation sites (N-methyl/N-ethyl adjacent to an activating group) is 1. The predicted molar refractivity (Wildman–Crippen MR) is 133 cm³/mol. The molecule has 1 aromatic carbocycles. The Balaban J connectivity index is 0.000000365. The van der Waals surface area contributed by atoms with E-state index in [4.69, 9.17) is 5.41 Å². The van der Waals surface area contributed by atoms with E-state index in [0.29, 0.717) is 11.9 Å². The molecule has 2 aromatic heterocycles. The van der Waals surface area contributed by atoms with Crippen LogP contribution in [0.3, 0.4) is 0 Å². The summed E-state index contributed by atoms with van der Waals surface area (Å²) >= 11 is 1.70. The highest BCUT2D eigenvalue weighted by Crippen LogP contribution is 2.25. The SMILES string of the molecule is CN(C)CCCNC=O.CNC(Cc1ccc(O)cc1)n1nc(-c2ccc(C)s2)ccc1=N. The molecule has 1 atom stereocenters. The van der Waals surface area contributed by atoms with Crippen molar-refractivity contribution in [3.8, 4) is 16.3 Å². The average Bonchev–Trinajstić information content (AvgIpc) is 3.23. The molecule has 8 nitrogen and oxygen atoms in total. The van der Waals surface area contributed by atoms with Crippen molar-refractivity contribution in [2.45, 2.75) is 25.9 Å². The lowest BCUT2D eigenvalue weighted by atomic mass is 10.1. The zero-order valence-corrected chi connectivity index (χ0v) is 20.5. The first-order valence-corrected chi connectivity index (χ1v) is 11.6. The smallest absolute Gasteiger partial charge is 0.207 e. The van der Waals surface area contributed by atoms with Crippen LogP contribution in [-0.4, -0.2) is 60.4 Å². The Bertz CT molecular complexity index is 1050. The highest BCUT2D eigenvalue weighted by Gasteiger charge is 2.13. The number of rotatable bonds is 10. The fourth-order valence-electron chi connectivity index (χ4n) is 3.10. The predicted octanol–water partition coefficient (Wildman–Crippen LogP) is 2.75. The minimum Gasteiger partial charge on any atom is -0.508 e. The first kappa shape index (κ1) is 26.2. The molecular formula is C24H34N6O2S. The van der Waals surface area contributed by atoms with Gasteiger partial charge in [0.25, 0.3) is 0 Å². The molecule has 9 heteroatoms. The quantitative estimate of drug-likeness (QED) is 0.269. The van der Waals surface area contributed by atoms with E-state index in [-0.39, 0.29) is 11.9 Å². The molecule has 2 heterocycles. The monoisotopic (exact) mass is 470 g/mol. The van der Waals surface area contributed by atoms with Gasteiger partial charge in [0.05, 0.1) is 4.88 Å². The van der Waals surface area contributed by atoms with Gasteiger partial charge in [-0.3, -0.25) is 15.5 Å². The number of thiophene rings is 1. The largest absolute Gasteiger partial charge is 0.508 e. The number of aromatic nitrogens is 2. The van der Waals surface area contributed by atoms with Crippen molar-refractivity contribution in [1.29, 1.82) is 5.41 Å². The van der Waals surface area contributed by atoms with Crippen molar-refractivity contribution in [1.82, 2.24) is 25.3 Å². The Morgan fingerprint density at radius 1 is 1.18 bits per heavy atom. The third-order valence-electron chi connectivity index (χ3n) is 4.86. The number of carbonyl (C=O) groups excluding carboxylic acids is 1. The van der Waals surface area contributed by atoms with Gasteiger partial charge in [0.2, 0.25) is 6.41 Å². The van der Waals surface area contributed by atoms with Crippen molar-refractivity contribution in [2.75, 3.05) is 34.2 Å². The molecule has 33 heavy (non-hydrogen) atoms. The van der Waals surface area contributed by atoms with Gasteiger partial charge in [-0.25, -0.2) is 4.68 Å². The van der Waals surface area contributed by atoms with Gasteiger partial charge in [-0.2, -0.15) is 5.10 Å². The second-order valence-corrected chi connectivity index (χ2v) is 9.15. The van der Waals surface area contributed by atoms with Crippen molar-refractivity contribution < 1.29 is 9.90 Å². The van der Waals surface area contributed by atoms with Crippen LogP contribution in [0.5, 0.6) is 5.75 Å². The van der Waals surface area contributed by atoms with Crippen LogP contribution in [0, 0.1) is 12.3 Å². The van der Waals surface area contributed by atoms with Gasteiger partial charge in [0, 0.05) is 17.8 Å². The number of phenolic OH excluding ortho intramolecular Hbond substituents is 1. The third kappa shape index (κ3) is 8.80. The summed E-state index contributed by atoms with van der Waals surface area (Å²) in [7, 11) is 5.89. The number of amides is 1. The van der Waals surface area contributed by atoms with Crippen molar-refractivity contribution in [2.24, 2.45) is 0 Å². The Kier molecular flexibility index (Phi) is 10.8. The molecule has 0 radical (unpaired) electrons. The lowest BCUT2D eigenvalue weighted by Crippen LogP contribution is -2.35. The molecule has 0 fully saturated rings. The molecule has 0 aliphatic carbocycles. The van der Waals surface area contributed by atoms with Gasteiger partial charge >= 0.3 is 0 Å². The van der Waals surface area contributed by atoms with Crippen molar-refractivity contribution >= 4 is 17.7 Å². The van der Waals surface area contributed by atoms with E-state index in [9.17, 15) is 9.90 Å². The Morgan fingerprint density at radius 2 is 1.91 bits per heavy atom. The summed E-state index contributed by atoms with van der Waals surface area (Å²) in [5.74, 6) is 0.252. The second-order valence-electron chi connectivity index (χ2n) is 7.86. The summed E-state index contributed by atoms with van der Waals surface area (Å²) in [5.41, 5.74) is 2.29. The standard InChI is InChI=1S/C18H20N4OS.C6H14N2O/c1-12-3-9-16(24-12)15-8-10-17(19)22(21-15)18(20-2)11-13-4-6-14(23)7-5-13;1-8(2)5-3-4-7-6-9/h3-10,18-20,23H,11H2,1-2H3;6H,3-5H2,1-2H3,(H,7,9). The highest BCUT2D eigenvalue weighted by atomic mass is 32.1. The molecule has 178 valence electrons. The number of nitrogens with one attached hydrogen (secondary N) is 3. The molecule has 4 N–H and O–H groups in total. The summed E-state index contributed by atoms with van der Waals surface area (Å²) in [6, 6.07) is 14.9. The Morgan fingerprint density at radius 3 is 2.48 bits per heavy atom. The molecule has 0 aliphatic heterocycles. The van der Waals surface area contributed by atoms with Gasteiger partial charge in [-0.15, -0.1) is 11.3 Å². The van der Waals surface area contributed by atoms with Gasteiger partial charge in [0.1, 0.15) is 23.1 Å². The summed E-state index contributed by atoms with van der Waals surface area (Å²) in [6.07, 6.45) is 2.29.